The third-order valence-electron chi connectivity index (χ3n) is 6.93. The van der Waals surface area contributed by atoms with Crippen molar-refractivity contribution >= 4 is 5.91 Å². The lowest BCUT2D eigenvalue weighted by Gasteiger charge is -2.23. The molecule has 3 atom stereocenters. The van der Waals surface area contributed by atoms with Gasteiger partial charge >= 0.3 is 0 Å². The van der Waals surface area contributed by atoms with Crippen LogP contribution >= 0.6 is 0 Å². The van der Waals surface area contributed by atoms with E-state index in [1.165, 1.54) is 5.56 Å². The fourth-order valence-electron chi connectivity index (χ4n) is 5.13. The summed E-state index contributed by atoms with van der Waals surface area (Å²) in [5.41, 5.74) is 3.01. The molecule has 2 fully saturated rings. The van der Waals surface area contributed by atoms with Crippen molar-refractivity contribution < 1.29 is 14.6 Å². The number of hydrogen-bond donors (Lipinski definition) is 4. The molecule has 1 amide bonds. The summed E-state index contributed by atoms with van der Waals surface area (Å²) in [6, 6.07) is 14.4. The minimum Gasteiger partial charge on any atom is -0.504 e. The highest BCUT2D eigenvalue weighted by atomic mass is 16.5. The van der Waals surface area contributed by atoms with Crippen LogP contribution in [-0.4, -0.2) is 43.3 Å². The molecule has 6 nitrogen and oxygen atoms in total. The Labute approximate surface area is 190 Å². The Hall–Kier alpha value is -2.57. The molecule has 1 saturated heterocycles. The maximum atomic E-state index is 12.6. The molecule has 1 aliphatic heterocycles. The van der Waals surface area contributed by atoms with E-state index in [9.17, 15) is 9.90 Å². The summed E-state index contributed by atoms with van der Waals surface area (Å²) in [5, 5.41) is 20.3. The van der Waals surface area contributed by atoms with Crippen LogP contribution in [0.1, 0.15) is 72.5 Å². The minimum atomic E-state index is 0.0308. The lowest BCUT2D eigenvalue weighted by molar-refractivity contribution is 0.0929. The van der Waals surface area contributed by atoms with Gasteiger partial charge in [0.2, 0.25) is 0 Å². The molecule has 2 aromatic carbocycles. The van der Waals surface area contributed by atoms with E-state index in [0.29, 0.717) is 17.7 Å². The topological polar surface area (TPSA) is 82.6 Å². The Bertz CT molecular complexity index is 909. The fraction of sp³-hybridized carbons (Fsp3) is 0.500. The molecule has 1 aliphatic carbocycles. The Kier molecular flexibility index (Phi) is 7.33. The first kappa shape index (κ1) is 22.6. The zero-order valence-electron chi connectivity index (χ0n) is 19.1. The quantitative estimate of drug-likeness (QED) is 0.529. The van der Waals surface area contributed by atoms with Gasteiger partial charge in [-0.15, -0.1) is 0 Å². The van der Waals surface area contributed by atoms with Crippen molar-refractivity contribution in [1.82, 2.24) is 16.0 Å². The summed E-state index contributed by atoms with van der Waals surface area (Å²) in [5.74, 6) is 1.24. The lowest BCUT2D eigenvalue weighted by atomic mass is 9.96. The molecular weight excluding hydrogens is 402 g/mol. The largest absolute Gasteiger partial charge is 0.504 e. The number of hydrogen-bond acceptors (Lipinski definition) is 5. The number of benzene rings is 2. The molecule has 0 spiro atoms. The van der Waals surface area contributed by atoms with Gasteiger partial charge in [0.05, 0.1) is 7.11 Å². The number of amides is 1. The summed E-state index contributed by atoms with van der Waals surface area (Å²) in [6.45, 7) is 4.05. The number of para-hydroxylation sites is 1. The number of carbonyl (C=O) groups excluding carboxylic acids is 1. The van der Waals surface area contributed by atoms with E-state index < -0.39 is 0 Å². The molecule has 0 aromatic heterocycles. The predicted octanol–water partition coefficient (Wildman–Crippen LogP) is 3.87. The molecule has 32 heavy (non-hydrogen) atoms. The van der Waals surface area contributed by atoms with Crippen LogP contribution in [0.5, 0.6) is 11.5 Å². The highest BCUT2D eigenvalue weighted by Gasteiger charge is 2.28. The summed E-state index contributed by atoms with van der Waals surface area (Å²) < 4.78 is 5.40. The predicted molar refractivity (Wildman–Crippen MR) is 126 cm³/mol. The number of ether oxygens (including phenoxy) is 1. The van der Waals surface area contributed by atoms with E-state index >= 15 is 0 Å². The highest BCUT2D eigenvalue weighted by Crippen LogP contribution is 2.38. The number of aromatic hydroxyl groups is 1. The number of phenolic OH excluding ortho intramolecular Hbond substituents is 1. The smallest absolute Gasteiger partial charge is 0.251 e. The van der Waals surface area contributed by atoms with Gasteiger partial charge < -0.3 is 25.8 Å². The molecule has 0 radical (unpaired) electrons. The van der Waals surface area contributed by atoms with Crippen LogP contribution in [0.25, 0.3) is 0 Å². The van der Waals surface area contributed by atoms with Gasteiger partial charge in [0, 0.05) is 29.3 Å². The second-order valence-corrected chi connectivity index (χ2v) is 9.11. The van der Waals surface area contributed by atoms with E-state index in [0.717, 1.165) is 56.3 Å². The van der Waals surface area contributed by atoms with Gasteiger partial charge in [-0.3, -0.25) is 4.79 Å². The Balaban J connectivity index is 1.32. The van der Waals surface area contributed by atoms with Crippen LogP contribution in [0.3, 0.4) is 0 Å². The first-order chi connectivity index (χ1) is 15.5. The summed E-state index contributed by atoms with van der Waals surface area (Å²) in [4.78, 5) is 12.6. The zero-order valence-corrected chi connectivity index (χ0v) is 19.1. The van der Waals surface area contributed by atoms with E-state index in [-0.39, 0.29) is 23.7 Å². The maximum absolute atomic E-state index is 12.6. The Morgan fingerprint density at radius 3 is 2.53 bits per heavy atom. The minimum absolute atomic E-state index is 0.0308. The van der Waals surface area contributed by atoms with Gasteiger partial charge in [0.25, 0.3) is 5.91 Å². The number of nitrogens with one attached hydrogen (secondary N) is 3. The third-order valence-corrected chi connectivity index (χ3v) is 6.93. The summed E-state index contributed by atoms with van der Waals surface area (Å²) >= 11 is 0. The van der Waals surface area contributed by atoms with Crippen LogP contribution in [0.15, 0.2) is 42.5 Å². The Morgan fingerprint density at radius 1 is 1.06 bits per heavy atom. The maximum Gasteiger partial charge on any atom is 0.251 e. The lowest BCUT2D eigenvalue weighted by Crippen LogP contribution is -2.42. The van der Waals surface area contributed by atoms with Gasteiger partial charge in [-0.25, -0.2) is 0 Å². The molecule has 1 heterocycles. The second kappa shape index (κ2) is 10.4. The standard InChI is InChI=1S/C26H35N3O3/c1-17(23-4-3-5-24(30)25(23)32-2)28-22-11-10-20(16-22)18-6-8-19(9-7-18)26(31)29-21-12-14-27-15-13-21/h3-9,17,20-22,27-28,30H,10-16H2,1-2H3,(H,29,31). The first-order valence-corrected chi connectivity index (χ1v) is 11.8. The van der Waals surface area contributed by atoms with Crippen LogP contribution in [-0.2, 0) is 0 Å². The van der Waals surface area contributed by atoms with Crippen molar-refractivity contribution in [2.45, 2.75) is 63.1 Å². The fourth-order valence-corrected chi connectivity index (χ4v) is 5.13. The molecule has 3 unspecified atom stereocenters. The van der Waals surface area contributed by atoms with Crippen molar-refractivity contribution in [3.05, 3.63) is 59.2 Å². The highest BCUT2D eigenvalue weighted by molar-refractivity contribution is 5.94. The average molecular weight is 438 g/mol. The van der Waals surface area contributed by atoms with Gasteiger partial charge in [0.15, 0.2) is 11.5 Å². The van der Waals surface area contributed by atoms with Crippen LogP contribution in [0.2, 0.25) is 0 Å². The molecule has 2 aromatic rings. The van der Waals surface area contributed by atoms with Crippen molar-refractivity contribution in [1.29, 1.82) is 0 Å². The summed E-state index contributed by atoms with van der Waals surface area (Å²) in [6.07, 6.45) is 5.28. The number of piperidine rings is 1. The van der Waals surface area contributed by atoms with Crippen molar-refractivity contribution in [3.63, 3.8) is 0 Å². The summed E-state index contributed by atoms with van der Waals surface area (Å²) in [7, 11) is 1.59. The van der Waals surface area contributed by atoms with Crippen molar-refractivity contribution in [2.75, 3.05) is 20.2 Å². The van der Waals surface area contributed by atoms with Gasteiger partial charge in [-0.05, 0) is 81.8 Å². The van der Waals surface area contributed by atoms with Crippen LogP contribution in [0, 0.1) is 0 Å². The zero-order chi connectivity index (χ0) is 22.5. The molecule has 2 aliphatic rings. The van der Waals surface area contributed by atoms with Crippen LogP contribution < -0.4 is 20.7 Å². The number of carbonyl (C=O) groups is 1. The molecular formula is C26H35N3O3. The molecule has 172 valence electrons. The molecule has 4 N–H and O–H groups in total. The Morgan fingerprint density at radius 2 is 1.81 bits per heavy atom. The second-order valence-electron chi connectivity index (χ2n) is 9.11. The van der Waals surface area contributed by atoms with E-state index in [1.54, 1.807) is 13.2 Å². The van der Waals surface area contributed by atoms with Crippen molar-refractivity contribution in [2.24, 2.45) is 0 Å². The van der Waals surface area contributed by atoms with Gasteiger partial charge in [0.1, 0.15) is 0 Å². The number of methoxy groups -OCH3 is 1. The van der Waals surface area contributed by atoms with E-state index in [2.05, 4.69) is 35.0 Å². The third kappa shape index (κ3) is 5.25. The van der Waals surface area contributed by atoms with Crippen molar-refractivity contribution in [3.8, 4) is 11.5 Å². The SMILES string of the molecule is COc1c(O)cccc1C(C)NC1CCC(c2ccc(C(=O)NC3CCNCC3)cc2)C1. The van der Waals surface area contributed by atoms with Gasteiger partial charge in [-0.2, -0.15) is 0 Å². The first-order valence-electron chi connectivity index (χ1n) is 11.8. The molecule has 0 bridgehead atoms. The monoisotopic (exact) mass is 437 g/mol. The van der Waals surface area contributed by atoms with E-state index in [4.69, 9.17) is 4.74 Å². The number of phenols is 1. The van der Waals surface area contributed by atoms with Crippen LogP contribution in [0.4, 0.5) is 0 Å². The molecule has 6 heteroatoms. The van der Waals surface area contributed by atoms with Gasteiger partial charge in [-0.1, -0.05) is 24.3 Å². The van der Waals surface area contributed by atoms with E-state index in [1.807, 2.05) is 24.3 Å². The average Bonchev–Trinajstić information content (AvgIpc) is 3.28. The normalized spacial score (nSPS) is 22.4. The molecule has 1 saturated carbocycles. The molecule has 4 rings (SSSR count). The number of rotatable bonds is 7.